The molecule has 4 fully saturated rings. The quantitative estimate of drug-likeness (QED) is 0.229. The minimum absolute atomic E-state index is 0.108. The maximum atomic E-state index is 15.7. The molecule has 0 aliphatic heterocycles. The maximum absolute atomic E-state index is 15.7. The predicted molar refractivity (Wildman–Crippen MR) is 133 cm³/mol. The molecule has 0 spiro atoms. The molecule has 8 unspecified atom stereocenters. The molecule has 4 bridgehead atoms. The number of hydrogen-bond acceptors (Lipinski definition) is 4. The van der Waals surface area contributed by atoms with Crippen molar-refractivity contribution in [1.82, 2.24) is 0 Å². The van der Waals surface area contributed by atoms with E-state index in [1.54, 1.807) is 60.7 Å². The van der Waals surface area contributed by atoms with Crippen LogP contribution in [0.15, 0.2) is 60.7 Å². The Morgan fingerprint density at radius 3 is 1.89 bits per heavy atom. The molecular formula is C26H27F4IO4S. The van der Waals surface area contributed by atoms with Crippen molar-refractivity contribution in [3.63, 3.8) is 0 Å². The van der Waals surface area contributed by atoms with Gasteiger partial charge in [0, 0.05) is 0 Å². The van der Waals surface area contributed by atoms with Crippen LogP contribution >= 0.6 is 20.2 Å². The summed E-state index contributed by atoms with van der Waals surface area (Å²) in [4.78, 5) is 0. The van der Waals surface area contributed by atoms with E-state index in [4.69, 9.17) is 2.51 Å². The Kier molecular flexibility index (Phi) is 6.01. The topological polar surface area (TPSA) is 63.6 Å². The molecule has 0 heterocycles. The van der Waals surface area contributed by atoms with Crippen LogP contribution in [-0.4, -0.2) is 30.8 Å². The third-order valence-corrected chi connectivity index (χ3v) is 16.4. The van der Waals surface area contributed by atoms with Gasteiger partial charge in [0.25, 0.3) is 0 Å². The van der Waals surface area contributed by atoms with Crippen LogP contribution in [0.4, 0.5) is 17.6 Å². The van der Waals surface area contributed by atoms with Gasteiger partial charge in [-0.15, -0.1) is 0 Å². The summed E-state index contributed by atoms with van der Waals surface area (Å²) < 4.78 is 94.1. The van der Waals surface area contributed by atoms with Gasteiger partial charge in [0.1, 0.15) is 0 Å². The van der Waals surface area contributed by atoms with Gasteiger partial charge in [-0.2, -0.15) is 0 Å². The van der Waals surface area contributed by atoms with Crippen molar-refractivity contribution in [3.8, 4) is 0 Å². The van der Waals surface area contributed by atoms with Crippen molar-refractivity contribution in [2.45, 2.75) is 43.0 Å². The molecule has 0 saturated heterocycles. The predicted octanol–water partition coefficient (Wildman–Crippen LogP) is 6.01. The van der Waals surface area contributed by atoms with E-state index in [1.165, 1.54) is 0 Å². The summed E-state index contributed by atoms with van der Waals surface area (Å²) in [6, 6.07) is 16.2. The molecule has 4 aliphatic carbocycles. The summed E-state index contributed by atoms with van der Waals surface area (Å²) >= 11 is -3.49. The summed E-state index contributed by atoms with van der Waals surface area (Å²) in [6.45, 7) is 0. The number of benzene rings is 2. The molecule has 10 heteroatoms. The molecule has 36 heavy (non-hydrogen) atoms. The third kappa shape index (κ3) is 3.60. The van der Waals surface area contributed by atoms with Gasteiger partial charge in [0.05, 0.1) is 0 Å². The molecule has 4 aliphatic rings. The Labute approximate surface area is 215 Å². The second-order valence-electron chi connectivity index (χ2n) is 10.6. The zero-order valence-corrected chi connectivity index (χ0v) is 22.2. The number of aliphatic hydroxyl groups is 1. The Balaban J connectivity index is 1.30. The number of rotatable bonds is 7. The van der Waals surface area contributed by atoms with Crippen LogP contribution in [0.3, 0.4) is 0 Å². The fourth-order valence-corrected chi connectivity index (χ4v) is 14.8. The van der Waals surface area contributed by atoms with E-state index in [0.29, 0.717) is 20.0 Å². The molecule has 2 aromatic rings. The first-order valence-electron chi connectivity index (χ1n) is 12.2. The van der Waals surface area contributed by atoms with Crippen molar-refractivity contribution in [2.24, 2.45) is 41.4 Å². The van der Waals surface area contributed by atoms with E-state index in [-0.39, 0.29) is 36.0 Å². The van der Waals surface area contributed by atoms with Crippen molar-refractivity contribution in [1.29, 1.82) is 0 Å². The first kappa shape index (κ1) is 25.1. The molecular weight excluding hydrogens is 611 g/mol. The van der Waals surface area contributed by atoms with Gasteiger partial charge in [0.15, 0.2) is 0 Å². The zero-order valence-electron chi connectivity index (χ0n) is 19.2. The zero-order chi connectivity index (χ0) is 25.5. The second-order valence-corrected chi connectivity index (χ2v) is 17.2. The molecule has 4 saturated carbocycles. The average molecular weight is 638 g/mol. The van der Waals surface area contributed by atoms with E-state index in [2.05, 4.69) is 0 Å². The summed E-state index contributed by atoms with van der Waals surface area (Å²) in [7, 11) is -5.97. The summed E-state index contributed by atoms with van der Waals surface area (Å²) in [5.41, 5.74) is 0. The monoisotopic (exact) mass is 638 g/mol. The molecule has 0 amide bonds. The van der Waals surface area contributed by atoms with E-state index in [9.17, 15) is 13.5 Å². The number of halogens is 5. The molecule has 196 valence electrons. The van der Waals surface area contributed by atoms with Crippen molar-refractivity contribution in [2.75, 3.05) is 0 Å². The van der Waals surface area contributed by atoms with E-state index in [1.807, 2.05) is 0 Å². The Bertz CT molecular complexity index is 1190. The SMILES string of the molecule is O=S(=O)(OI(c1ccccc1)c1ccccc1)C(F)(F)C(F)(F)C1CC2CC1C1C3CC(CC3O)C21. The first-order valence-corrected chi connectivity index (χ1v) is 16.7. The van der Waals surface area contributed by atoms with Crippen molar-refractivity contribution >= 4 is 30.4 Å². The molecule has 2 aromatic carbocycles. The van der Waals surface area contributed by atoms with Crippen LogP contribution in [-0.2, 0) is 12.6 Å². The van der Waals surface area contributed by atoms with Gasteiger partial charge in [-0.25, -0.2) is 0 Å². The molecule has 8 atom stereocenters. The Hall–Kier alpha value is -1.24. The van der Waals surface area contributed by atoms with Crippen LogP contribution in [0.2, 0.25) is 0 Å². The number of aliphatic hydroxyl groups excluding tert-OH is 1. The standard InChI is InChI=1S/C26H27F4IO4S/c27-25(28,21-13-15-11-19(21)24-20-12-16(23(15)24)14-22(20)32)26(29,30)36(33,34)35-31(17-7-3-1-4-8-17)18-9-5-2-6-10-18/h1-10,15-16,19-24,32H,11-14H2. The third-order valence-electron chi connectivity index (χ3n) is 8.96. The molecule has 0 aromatic heterocycles. The molecule has 4 nitrogen and oxygen atoms in total. The van der Waals surface area contributed by atoms with Gasteiger partial charge in [-0.1, -0.05) is 0 Å². The number of hydrogen-bond donors (Lipinski definition) is 1. The van der Waals surface area contributed by atoms with Crippen molar-refractivity contribution in [3.05, 3.63) is 67.8 Å². The molecule has 0 radical (unpaired) electrons. The van der Waals surface area contributed by atoms with Crippen LogP contribution in [0.1, 0.15) is 25.7 Å². The van der Waals surface area contributed by atoms with Crippen LogP contribution in [0.5, 0.6) is 0 Å². The van der Waals surface area contributed by atoms with Crippen molar-refractivity contribution < 1.29 is 33.6 Å². The van der Waals surface area contributed by atoms with Crippen LogP contribution in [0.25, 0.3) is 0 Å². The first-order chi connectivity index (χ1) is 17.0. The van der Waals surface area contributed by atoms with Gasteiger partial charge in [-0.3, -0.25) is 0 Å². The fraction of sp³-hybridized carbons (Fsp3) is 0.538. The van der Waals surface area contributed by atoms with Crippen LogP contribution in [0, 0.1) is 48.6 Å². The van der Waals surface area contributed by atoms with E-state index < -0.39 is 59.5 Å². The molecule has 6 rings (SSSR count). The minimum atomic E-state index is -5.97. The summed E-state index contributed by atoms with van der Waals surface area (Å²) in [5, 5.41) is 4.97. The Morgan fingerprint density at radius 2 is 1.31 bits per heavy atom. The summed E-state index contributed by atoms with van der Waals surface area (Å²) in [5.74, 6) is -7.29. The van der Waals surface area contributed by atoms with Crippen LogP contribution < -0.4 is 0 Å². The average Bonchev–Trinajstić information content (AvgIpc) is 3.62. The molecule has 1 N–H and O–H groups in total. The van der Waals surface area contributed by atoms with Gasteiger partial charge in [0.2, 0.25) is 0 Å². The van der Waals surface area contributed by atoms with Gasteiger partial charge in [-0.05, 0) is 0 Å². The summed E-state index contributed by atoms with van der Waals surface area (Å²) in [6.07, 6.45) is 1.12. The van der Waals surface area contributed by atoms with Gasteiger partial charge < -0.3 is 0 Å². The normalized spacial score (nSPS) is 35.8. The van der Waals surface area contributed by atoms with E-state index >= 15 is 17.6 Å². The van der Waals surface area contributed by atoms with E-state index in [0.717, 1.165) is 6.42 Å². The number of alkyl halides is 4. The number of fused-ring (bicyclic) bond motifs is 9. The fourth-order valence-electron chi connectivity index (χ4n) is 7.75. The van der Waals surface area contributed by atoms with Gasteiger partial charge >= 0.3 is 216 Å². The second kappa shape index (κ2) is 8.64. The Morgan fingerprint density at radius 1 is 0.778 bits per heavy atom.